The van der Waals surface area contributed by atoms with Crippen LogP contribution in [0.1, 0.15) is 51.0 Å². The molecule has 4 rings (SSSR count). The summed E-state index contributed by atoms with van der Waals surface area (Å²) in [6, 6.07) is 0.891. The maximum absolute atomic E-state index is 11.2. The Morgan fingerprint density at radius 1 is 1.15 bits per heavy atom. The Morgan fingerprint density at radius 3 is 2.46 bits per heavy atom. The number of aryl methyl sites for hydroxylation is 1. The summed E-state index contributed by atoms with van der Waals surface area (Å²) in [5, 5.41) is 0.918. The molecule has 0 bridgehead atoms. The zero-order valence-corrected chi connectivity index (χ0v) is 17.5. The molecule has 2 aromatic heterocycles. The number of fused-ring (bicyclic) bond motifs is 1. The third kappa shape index (κ3) is 6.01. The number of aromatic nitrogens is 3. The van der Waals surface area contributed by atoms with Crippen LogP contribution in [0, 0.1) is 6.92 Å². The van der Waals surface area contributed by atoms with Crippen LogP contribution in [0.15, 0.2) is 4.79 Å². The first-order valence-electron chi connectivity index (χ1n) is 9.48. The van der Waals surface area contributed by atoms with Crippen molar-refractivity contribution in [3.63, 3.8) is 0 Å². The van der Waals surface area contributed by atoms with E-state index in [1.54, 1.807) is 0 Å². The minimum Gasteiger partial charge on any atom is -0.379 e. The molecule has 6 nitrogen and oxygen atoms in total. The lowest BCUT2D eigenvalue weighted by atomic mass is 9.94. The van der Waals surface area contributed by atoms with Crippen molar-refractivity contribution in [1.82, 2.24) is 19.9 Å². The van der Waals surface area contributed by atoms with Gasteiger partial charge in [0.25, 0.3) is 5.56 Å². The first kappa shape index (κ1) is 21.3. The smallest absolute Gasteiger partial charge is 0.279 e. The van der Waals surface area contributed by atoms with Gasteiger partial charge in [-0.2, -0.15) is 0 Å². The van der Waals surface area contributed by atoms with Crippen molar-refractivity contribution >= 4 is 33.3 Å². The van der Waals surface area contributed by atoms with Crippen LogP contribution in [0.5, 0.6) is 0 Å². The monoisotopic (exact) mass is 400 g/mol. The molecule has 0 atom stereocenters. The van der Waals surface area contributed by atoms with Gasteiger partial charge in [0.15, 0.2) is 10.3 Å². The van der Waals surface area contributed by atoms with Gasteiger partial charge < -0.3 is 4.74 Å². The Labute approximate surface area is 163 Å². The SMILES string of the molecule is C1CCC(N2CCOCC2)CC1.CC.Cc1nc2c(=O)[nH]c(Cl)nc2s1. The van der Waals surface area contributed by atoms with Gasteiger partial charge in [-0.15, -0.1) is 0 Å². The van der Waals surface area contributed by atoms with Gasteiger partial charge in [-0.3, -0.25) is 14.7 Å². The molecule has 1 N–H and O–H groups in total. The molecular weight excluding hydrogens is 372 g/mol. The van der Waals surface area contributed by atoms with Crippen molar-refractivity contribution in [3.8, 4) is 0 Å². The number of halogens is 1. The zero-order chi connectivity index (χ0) is 18.9. The van der Waals surface area contributed by atoms with Crippen molar-refractivity contribution in [3.05, 3.63) is 20.6 Å². The molecule has 0 spiro atoms. The zero-order valence-electron chi connectivity index (χ0n) is 15.9. The summed E-state index contributed by atoms with van der Waals surface area (Å²) < 4.78 is 5.35. The van der Waals surface area contributed by atoms with Gasteiger partial charge in [0.2, 0.25) is 5.28 Å². The van der Waals surface area contributed by atoms with Crippen LogP contribution in [0.25, 0.3) is 10.3 Å². The molecule has 2 aliphatic rings. The van der Waals surface area contributed by atoms with Gasteiger partial charge in [0.05, 0.1) is 18.2 Å². The molecule has 1 aliphatic carbocycles. The second-order valence-corrected chi connectivity index (χ2v) is 7.72. The van der Waals surface area contributed by atoms with Gasteiger partial charge in [0.1, 0.15) is 0 Å². The molecule has 0 amide bonds. The van der Waals surface area contributed by atoms with E-state index in [9.17, 15) is 4.79 Å². The molecule has 1 saturated heterocycles. The number of morpholine rings is 1. The molecule has 1 aliphatic heterocycles. The average molecular weight is 401 g/mol. The molecule has 2 aromatic rings. The third-order valence-corrected chi connectivity index (χ3v) is 5.53. The Hall–Kier alpha value is -1.02. The fraction of sp³-hybridized carbons (Fsp3) is 0.722. The summed E-state index contributed by atoms with van der Waals surface area (Å²) in [6.07, 6.45) is 7.21. The number of rotatable bonds is 1. The quantitative estimate of drug-likeness (QED) is 0.732. The number of thiazole rings is 1. The van der Waals surface area contributed by atoms with E-state index in [-0.39, 0.29) is 10.8 Å². The number of hydrogen-bond donors (Lipinski definition) is 1. The Kier molecular flexibility index (Phi) is 8.98. The van der Waals surface area contributed by atoms with E-state index in [2.05, 4.69) is 19.9 Å². The minimum absolute atomic E-state index is 0.108. The van der Waals surface area contributed by atoms with E-state index in [0.29, 0.717) is 10.3 Å². The van der Waals surface area contributed by atoms with Crippen molar-refractivity contribution in [2.45, 2.75) is 58.9 Å². The van der Waals surface area contributed by atoms with Crippen LogP contribution in [-0.2, 0) is 4.74 Å². The van der Waals surface area contributed by atoms with Crippen LogP contribution in [0.4, 0.5) is 0 Å². The summed E-state index contributed by atoms with van der Waals surface area (Å²) in [6.45, 7) is 10.1. The predicted octanol–water partition coefficient (Wildman–Crippen LogP) is 4.02. The lowest BCUT2D eigenvalue weighted by molar-refractivity contribution is 0.00858. The molecule has 0 radical (unpaired) electrons. The summed E-state index contributed by atoms with van der Waals surface area (Å²) in [5.74, 6) is 0. The van der Waals surface area contributed by atoms with E-state index in [1.807, 2.05) is 20.8 Å². The normalized spacial score (nSPS) is 18.6. The van der Waals surface area contributed by atoms with Crippen molar-refractivity contribution < 1.29 is 4.74 Å². The molecule has 26 heavy (non-hydrogen) atoms. The van der Waals surface area contributed by atoms with Crippen molar-refractivity contribution in [2.75, 3.05) is 26.3 Å². The minimum atomic E-state index is -0.283. The molecule has 1 saturated carbocycles. The fourth-order valence-corrected chi connectivity index (χ4v) is 4.31. The number of hydrogen-bond acceptors (Lipinski definition) is 6. The number of aromatic amines is 1. The molecule has 146 valence electrons. The van der Waals surface area contributed by atoms with E-state index >= 15 is 0 Å². The second kappa shape index (κ2) is 11.0. The summed E-state index contributed by atoms with van der Waals surface area (Å²) in [7, 11) is 0. The Balaban J connectivity index is 0.000000171. The predicted molar refractivity (Wildman–Crippen MR) is 108 cm³/mol. The third-order valence-electron chi connectivity index (χ3n) is 4.48. The fourth-order valence-electron chi connectivity index (χ4n) is 3.30. The van der Waals surface area contributed by atoms with Gasteiger partial charge in [-0.05, 0) is 31.4 Å². The Bertz CT molecular complexity index is 706. The molecule has 0 unspecified atom stereocenters. The largest absolute Gasteiger partial charge is 0.379 e. The average Bonchev–Trinajstić information content (AvgIpc) is 3.06. The summed E-state index contributed by atoms with van der Waals surface area (Å²) >= 11 is 6.90. The van der Waals surface area contributed by atoms with Crippen molar-refractivity contribution in [1.29, 1.82) is 0 Å². The van der Waals surface area contributed by atoms with E-state index in [1.165, 1.54) is 56.5 Å². The van der Waals surface area contributed by atoms with Gasteiger partial charge in [-0.25, -0.2) is 9.97 Å². The van der Waals surface area contributed by atoms with Gasteiger partial charge in [-0.1, -0.05) is 44.4 Å². The lowest BCUT2D eigenvalue weighted by Gasteiger charge is -2.36. The topological polar surface area (TPSA) is 71.1 Å². The second-order valence-electron chi connectivity index (χ2n) is 6.18. The van der Waals surface area contributed by atoms with E-state index in [4.69, 9.17) is 16.3 Å². The lowest BCUT2D eigenvalue weighted by Crippen LogP contribution is -2.44. The first-order valence-corrected chi connectivity index (χ1v) is 10.7. The molecular formula is C18H29ClN4O2S. The molecule has 2 fully saturated rings. The van der Waals surface area contributed by atoms with E-state index < -0.39 is 0 Å². The maximum atomic E-state index is 11.2. The summed E-state index contributed by atoms with van der Waals surface area (Å²) in [4.78, 5) is 24.7. The standard InChI is InChI=1S/C10H19NO.C6H4ClN3OS.C2H6/c1-2-4-10(5-3-1)11-6-8-12-9-7-11;1-2-8-3-4(11)9-6(7)10-5(3)12-2;1-2/h10H,1-9H2;1H3,(H,9,10,11);1-2H3. The number of nitrogens with zero attached hydrogens (tertiary/aromatic N) is 3. The highest BCUT2D eigenvalue weighted by molar-refractivity contribution is 7.18. The van der Waals surface area contributed by atoms with Gasteiger partial charge in [0, 0.05) is 19.1 Å². The number of nitrogens with one attached hydrogen (secondary N) is 1. The highest BCUT2D eigenvalue weighted by atomic mass is 35.5. The molecule has 0 aromatic carbocycles. The Morgan fingerprint density at radius 2 is 1.81 bits per heavy atom. The molecule has 8 heteroatoms. The van der Waals surface area contributed by atoms with Crippen LogP contribution in [0.3, 0.4) is 0 Å². The molecule has 3 heterocycles. The highest BCUT2D eigenvalue weighted by Crippen LogP contribution is 2.22. The van der Waals surface area contributed by atoms with Crippen LogP contribution < -0.4 is 5.56 Å². The summed E-state index contributed by atoms with van der Waals surface area (Å²) in [5.41, 5.74) is 0.0799. The highest BCUT2D eigenvalue weighted by Gasteiger charge is 2.22. The maximum Gasteiger partial charge on any atom is 0.279 e. The van der Waals surface area contributed by atoms with Crippen LogP contribution in [-0.4, -0.2) is 52.2 Å². The number of ether oxygens (including phenoxy) is 1. The first-order chi connectivity index (χ1) is 12.6. The van der Waals surface area contributed by atoms with Crippen LogP contribution >= 0.6 is 22.9 Å². The van der Waals surface area contributed by atoms with E-state index in [0.717, 1.165) is 24.3 Å². The van der Waals surface area contributed by atoms with Gasteiger partial charge >= 0.3 is 0 Å². The number of H-pyrrole nitrogens is 1. The van der Waals surface area contributed by atoms with Crippen molar-refractivity contribution in [2.24, 2.45) is 0 Å². The van der Waals surface area contributed by atoms with Crippen LogP contribution in [0.2, 0.25) is 5.28 Å².